The smallest absolute Gasteiger partial charge is 0.414 e. The first-order valence-corrected chi connectivity index (χ1v) is 9.90. The van der Waals surface area contributed by atoms with E-state index in [-0.39, 0.29) is 12.3 Å². The molecular formula is C16H23N3O7S. The number of carboxylic acid groups (broad SMARTS) is 2. The molecule has 150 valence electrons. The zero-order valence-electron chi connectivity index (χ0n) is 14.7. The lowest BCUT2D eigenvalue weighted by molar-refractivity contribution is -0.159. The summed E-state index contributed by atoms with van der Waals surface area (Å²) in [5, 5.41) is 14.8. The van der Waals surface area contributed by atoms with Gasteiger partial charge in [-0.15, -0.1) is 0 Å². The molecule has 1 aliphatic rings. The van der Waals surface area contributed by atoms with Crippen LogP contribution in [0.3, 0.4) is 0 Å². The highest BCUT2D eigenvalue weighted by molar-refractivity contribution is 7.89. The second-order valence-electron chi connectivity index (χ2n) is 5.78. The summed E-state index contributed by atoms with van der Waals surface area (Å²) in [7, 11) is -3.27. The minimum Gasteiger partial charge on any atom is -0.473 e. The van der Waals surface area contributed by atoms with E-state index in [0.717, 1.165) is 25.0 Å². The van der Waals surface area contributed by atoms with E-state index in [1.807, 2.05) is 12.1 Å². The molecule has 11 heteroatoms. The van der Waals surface area contributed by atoms with Gasteiger partial charge in [0.2, 0.25) is 16.4 Å². The summed E-state index contributed by atoms with van der Waals surface area (Å²) < 4.78 is 26.0. The zero-order valence-corrected chi connectivity index (χ0v) is 15.5. The van der Waals surface area contributed by atoms with Crippen molar-refractivity contribution in [2.45, 2.75) is 25.8 Å². The molecule has 0 aliphatic carbocycles. The number of hydrogen-bond acceptors (Lipinski definition) is 6. The molecule has 0 unspecified atom stereocenters. The number of piperidine rings is 1. The van der Waals surface area contributed by atoms with E-state index in [1.54, 1.807) is 16.6 Å². The monoisotopic (exact) mass is 401 g/mol. The highest BCUT2D eigenvalue weighted by Crippen LogP contribution is 2.13. The summed E-state index contributed by atoms with van der Waals surface area (Å²) in [6, 6.07) is 5.46. The number of hydrogen-bond donors (Lipinski definition) is 2. The first-order valence-electron chi connectivity index (χ1n) is 8.29. The predicted molar refractivity (Wildman–Crippen MR) is 95.2 cm³/mol. The van der Waals surface area contributed by atoms with Crippen molar-refractivity contribution in [2.24, 2.45) is 0 Å². The Hall–Kier alpha value is -2.53. The van der Waals surface area contributed by atoms with Gasteiger partial charge in [0.15, 0.2) is 0 Å². The lowest BCUT2D eigenvalue weighted by Gasteiger charge is -2.27. The van der Waals surface area contributed by atoms with Crippen molar-refractivity contribution in [3.8, 4) is 0 Å². The van der Waals surface area contributed by atoms with Crippen LogP contribution in [0, 0.1) is 0 Å². The van der Waals surface area contributed by atoms with Gasteiger partial charge in [0.05, 0.1) is 18.0 Å². The standard InChI is InChI=1S/C14H21N3O3S.C2H2O4/c18-13-16(12-14-6-2-3-7-15-14)10-11-21(19,20)17-8-4-1-5-9-17;3-1(4)2(5)6/h2-3,6-7,13H,1,4-5,8-12H2;(H,3,4)(H,5,6). The minimum atomic E-state index is -3.27. The summed E-state index contributed by atoms with van der Waals surface area (Å²) in [5.74, 6) is -3.68. The molecule has 2 heterocycles. The molecule has 0 aromatic carbocycles. The zero-order chi connectivity index (χ0) is 20.3. The molecule has 0 radical (unpaired) electrons. The molecule has 2 N–H and O–H groups in total. The van der Waals surface area contributed by atoms with E-state index in [2.05, 4.69) is 4.98 Å². The number of pyridine rings is 1. The number of sulfonamides is 1. The van der Waals surface area contributed by atoms with E-state index < -0.39 is 22.0 Å². The largest absolute Gasteiger partial charge is 0.473 e. The Morgan fingerprint density at radius 3 is 2.26 bits per heavy atom. The Morgan fingerprint density at radius 2 is 1.78 bits per heavy atom. The molecule has 0 atom stereocenters. The molecule has 0 bridgehead atoms. The molecule has 1 aromatic rings. The number of amides is 1. The average molecular weight is 401 g/mol. The van der Waals surface area contributed by atoms with Crippen LogP contribution in [0.15, 0.2) is 24.4 Å². The van der Waals surface area contributed by atoms with Crippen LogP contribution in [0.25, 0.3) is 0 Å². The van der Waals surface area contributed by atoms with Crippen LogP contribution in [0.1, 0.15) is 25.0 Å². The molecule has 10 nitrogen and oxygen atoms in total. The quantitative estimate of drug-likeness (QED) is 0.480. The van der Waals surface area contributed by atoms with Gasteiger partial charge in [0.25, 0.3) is 0 Å². The third-order valence-electron chi connectivity index (χ3n) is 3.77. The Bertz CT molecular complexity index is 707. The molecule has 2 rings (SSSR count). The van der Waals surface area contributed by atoms with Crippen molar-refractivity contribution in [3.63, 3.8) is 0 Å². The normalized spacial score (nSPS) is 14.5. The maximum absolute atomic E-state index is 12.2. The number of aliphatic carboxylic acids is 2. The summed E-state index contributed by atoms with van der Waals surface area (Å²) >= 11 is 0. The van der Waals surface area contributed by atoms with Crippen LogP contribution in [-0.4, -0.2) is 76.6 Å². The van der Waals surface area contributed by atoms with E-state index in [0.29, 0.717) is 26.0 Å². The van der Waals surface area contributed by atoms with Crippen LogP contribution in [0.2, 0.25) is 0 Å². The molecule has 27 heavy (non-hydrogen) atoms. The lowest BCUT2D eigenvalue weighted by atomic mass is 10.2. The average Bonchev–Trinajstić information content (AvgIpc) is 2.67. The Labute approximate surface area is 157 Å². The molecule has 1 aromatic heterocycles. The Kier molecular flexibility index (Phi) is 9.37. The van der Waals surface area contributed by atoms with Gasteiger partial charge in [-0.3, -0.25) is 9.78 Å². The van der Waals surface area contributed by atoms with Crippen molar-refractivity contribution in [1.29, 1.82) is 0 Å². The number of rotatable bonds is 7. The van der Waals surface area contributed by atoms with E-state index in [4.69, 9.17) is 19.8 Å². The number of nitrogens with zero attached hydrogens (tertiary/aromatic N) is 3. The fraction of sp³-hybridized carbons (Fsp3) is 0.500. The minimum absolute atomic E-state index is 0.0292. The highest BCUT2D eigenvalue weighted by Gasteiger charge is 2.24. The van der Waals surface area contributed by atoms with Gasteiger partial charge in [-0.1, -0.05) is 12.5 Å². The van der Waals surface area contributed by atoms with Gasteiger partial charge in [-0.25, -0.2) is 22.3 Å². The van der Waals surface area contributed by atoms with E-state index in [9.17, 15) is 13.2 Å². The first kappa shape index (κ1) is 22.5. The van der Waals surface area contributed by atoms with Gasteiger partial charge >= 0.3 is 11.9 Å². The molecular weight excluding hydrogens is 378 g/mol. The second kappa shape index (κ2) is 11.2. The van der Waals surface area contributed by atoms with Crippen LogP contribution >= 0.6 is 0 Å². The van der Waals surface area contributed by atoms with Crippen LogP contribution in [0.4, 0.5) is 0 Å². The highest BCUT2D eigenvalue weighted by atomic mass is 32.2. The molecule has 1 fully saturated rings. The topological polar surface area (TPSA) is 145 Å². The first-order chi connectivity index (χ1) is 12.8. The summed E-state index contributed by atoms with van der Waals surface area (Å²) in [6.07, 6.45) is 5.27. The fourth-order valence-electron chi connectivity index (χ4n) is 2.37. The number of carboxylic acids is 2. The maximum atomic E-state index is 12.2. The molecule has 1 amide bonds. The third-order valence-corrected chi connectivity index (χ3v) is 5.62. The Balaban J connectivity index is 0.000000527. The lowest BCUT2D eigenvalue weighted by Crippen LogP contribution is -2.40. The second-order valence-corrected chi connectivity index (χ2v) is 7.87. The SMILES string of the molecule is O=C(O)C(=O)O.O=CN(CCS(=O)(=O)N1CCCCC1)Cc1ccccn1. The van der Waals surface area contributed by atoms with Crippen molar-refractivity contribution >= 4 is 28.4 Å². The van der Waals surface area contributed by atoms with Gasteiger partial charge in [-0.05, 0) is 25.0 Å². The van der Waals surface area contributed by atoms with Gasteiger partial charge in [0.1, 0.15) is 0 Å². The Morgan fingerprint density at radius 1 is 1.15 bits per heavy atom. The van der Waals surface area contributed by atoms with Crippen LogP contribution in [-0.2, 0) is 31.0 Å². The van der Waals surface area contributed by atoms with E-state index in [1.165, 1.54) is 4.90 Å². The molecule has 0 saturated carbocycles. The van der Waals surface area contributed by atoms with Gasteiger partial charge < -0.3 is 15.1 Å². The number of carbonyl (C=O) groups excluding carboxylic acids is 1. The number of carbonyl (C=O) groups is 3. The van der Waals surface area contributed by atoms with Gasteiger partial charge in [0, 0.05) is 25.8 Å². The predicted octanol–water partition coefficient (Wildman–Crippen LogP) is 0.0113. The summed E-state index contributed by atoms with van der Waals surface area (Å²) in [6.45, 7) is 1.73. The van der Waals surface area contributed by atoms with Gasteiger partial charge in [-0.2, -0.15) is 0 Å². The van der Waals surface area contributed by atoms with Crippen molar-refractivity contribution in [1.82, 2.24) is 14.2 Å². The molecule has 1 saturated heterocycles. The van der Waals surface area contributed by atoms with Crippen molar-refractivity contribution in [2.75, 3.05) is 25.4 Å². The van der Waals surface area contributed by atoms with Crippen molar-refractivity contribution < 1.29 is 33.0 Å². The maximum Gasteiger partial charge on any atom is 0.414 e. The summed E-state index contributed by atoms with van der Waals surface area (Å²) in [5.41, 5.74) is 0.750. The summed E-state index contributed by atoms with van der Waals surface area (Å²) in [4.78, 5) is 34.9. The molecule has 0 spiro atoms. The molecule has 1 aliphatic heterocycles. The fourth-order valence-corrected chi connectivity index (χ4v) is 3.91. The van der Waals surface area contributed by atoms with Crippen molar-refractivity contribution in [3.05, 3.63) is 30.1 Å². The van der Waals surface area contributed by atoms with Crippen LogP contribution < -0.4 is 0 Å². The van der Waals surface area contributed by atoms with Crippen LogP contribution in [0.5, 0.6) is 0 Å². The van der Waals surface area contributed by atoms with E-state index >= 15 is 0 Å². The number of aromatic nitrogens is 1. The third kappa shape index (κ3) is 8.60.